The van der Waals surface area contributed by atoms with Gasteiger partial charge >= 0.3 is 5.97 Å². The second-order valence-corrected chi connectivity index (χ2v) is 4.95. The van der Waals surface area contributed by atoms with Crippen molar-refractivity contribution in [2.24, 2.45) is 0 Å². The number of H-pyrrole nitrogens is 1. The fraction of sp³-hybridized carbons (Fsp3) is 0.118. The number of hydrogen-bond acceptors (Lipinski definition) is 5. The lowest BCUT2D eigenvalue weighted by atomic mass is 10.1. The number of rotatable bonds is 6. The van der Waals surface area contributed by atoms with Gasteiger partial charge in [0.1, 0.15) is 11.6 Å². The van der Waals surface area contributed by atoms with Crippen molar-refractivity contribution in [2.45, 2.75) is 6.54 Å². The Morgan fingerprint density at radius 1 is 1.21 bits per heavy atom. The van der Waals surface area contributed by atoms with E-state index < -0.39 is 11.9 Å². The molecule has 7 nitrogen and oxygen atoms in total. The van der Waals surface area contributed by atoms with Crippen LogP contribution in [0.4, 0.5) is 0 Å². The molecule has 3 aromatic rings. The summed E-state index contributed by atoms with van der Waals surface area (Å²) < 4.78 is 10.1. The summed E-state index contributed by atoms with van der Waals surface area (Å²) in [6.07, 6.45) is 4.89. The Balaban J connectivity index is 1.48. The van der Waals surface area contributed by atoms with Crippen LogP contribution in [0.25, 0.3) is 11.4 Å². The Morgan fingerprint density at radius 3 is 2.71 bits per heavy atom. The van der Waals surface area contributed by atoms with Crippen LogP contribution in [0.5, 0.6) is 0 Å². The van der Waals surface area contributed by atoms with Gasteiger partial charge in [-0.1, -0.05) is 12.1 Å². The van der Waals surface area contributed by atoms with Crippen molar-refractivity contribution in [3.63, 3.8) is 0 Å². The molecule has 1 aromatic carbocycles. The first-order valence-corrected chi connectivity index (χ1v) is 7.28. The number of aromatic amines is 1. The molecule has 1 amide bonds. The van der Waals surface area contributed by atoms with Gasteiger partial charge in [-0.05, 0) is 24.3 Å². The lowest BCUT2D eigenvalue weighted by Crippen LogP contribution is -2.28. The minimum Gasteiger partial charge on any atom is -0.467 e. The number of amides is 1. The molecule has 2 heterocycles. The molecule has 0 spiro atoms. The molecule has 122 valence electrons. The first-order chi connectivity index (χ1) is 11.7. The van der Waals surface area contributed by atoms with Crippen molar-refractivity contribution in [3.05, 3.63) is 66.4 Å². The van der Waals surface area contributed by atoms with Crippen molar-refractivity contribution < 1.29 is 18.7 Å². The molecule has 2 N–H and O–H groups in total. The highest BCUT2D eigenvalue weighted by Crippen LogP contribution is 2.15. The SMILES string of the molecule is O=C(COC(=O)c1ccc(-c2ncc[nH]2)cc1)NCc1ccco1. The largest absolute Gasteiger partial charge is 0.467 e. The number of furan rings is 1. The van der Waals surface area contributed by atoms with Crippen molar-refractivity contribution >= 4 is 11.9 Å². The lowest BCUT2D eigenvalue weighted by molar-refractivity contribution is -0.124. The maximum atomic E-state index is 11.9. The fourth-order valence-corrected chi connectivity index (χ4v) is 2.05. The van der Waals surface area contributed by atoms with Gasteiger partial charge in [-0.2, -0.15) is 0 Å². The van der Waals surface area contributed by atoms with E-state index >= 15 is 0 Å². The molecule has 24 heavy (non-hydrogen) atoms. The summed E-state index contributed by atoms with van der Waals surface area (Å²) in [7, 11) is 0. The number of aromatic nitrogens is 2. The highest BCUT2D eigenvalue weighted by Gasteiger charge is 2.11. The molecule has 0 aliphatic heterocycles. The van der Waals surface area contributed by atoms with Crippen LogP contribution in [0.15, 0.2) is 59.5 Å². The topological polar surface area (TPSA) is 97.2 Å². The molecule has 0 atom stereocenters. The molecule has 0 saturated heterocycles. The van der Waals surface area contributed by atoms with Crippen molar-refractivity contribution in [1.29, 1.82) is 0 Å². The molecule has 0 unspecified atom stereocenters. The van der Waals surface area contributed by atoms with Gasteiger partial charge in [-0.15, -0.1) is 0 Å². The van der Waals surface area contributed by atoms with Crippen LogP contribution in [-0.2, 0) is 16.1 Å². The van der Waals surface area contributed by atoms with E-state index in [0.717, 1.165) is 5.56 Å². The first-order valence-electron chi connectivity index (χ1n) is 7.28. The number of nitrogens with zero attached hydrogens (tertiary/aromatic N) is 1. The number of benzene rings is 1. The lowest BCUT2D eigenvalue weighted by Gasteiger charge is -2.06. The highest BCUT2D eigenvalue weighted by atomic mass is 16.5. The van der Waals surface area contributed by atoms with Crippen LogP contribution in [-0.4, -0.2) is 28.5 Å². The first kappa shape index (κ1) is 15.5. The van der Waals surface area contributed by atoms with Crippen molar-refractivity contribution in [2.75, 3.05) is 6.61 Å². The summed E-state index contributed by atoms with van der Waals surface area (Å²) in [5.41, 5.74) is 1.22. The minimum absolute atomic E-state index is 0.251. The predicted octanol–water partition coefficient (Wildman–Crippen LogP) is 2.14. The number of hydrogen-bond donors (Lipinski definition) is 2. The van der Waals surface area contributed by atoms with E-state index in [-0.39, 0.29) is 13.2 Å². The minimum atomic E-state index is -0.561. The van der Waals surface area contributed by atoms with Crippen LogP contribution in [0, 0.1) is 0 Å². The standard InChI is InChI=1S/C17H15N3O4/c21-15(20-10-14-2-1-9-23-14)11-24-17(22)13-5-3-12(4-6-13)16-18-7-8-19-16/h1-9H,10-11H2,(H,18,19)(H,20,21). The summed E-state index contributed by atoms with van der Waals surface area (Å²) in [5, 5.41) is 2.60. The fourth-order valence-electron chi connectivity index (χ4n) is 2.05. The monoisotopic (exact) mass is 325 g/mol. The smallest absolute Gasteiger partial charge is 0.338 e. The Bertz CT molecular complexity index is 793. The second-order valence-electron chi connectivity index (χ2n) is 4.95. The summed E-state index contributed by atoms with van der Waals surface area (Å²) in [4.78, 5) is 30.7. The molecular formula is C17H15N3O4. The molecular weight excluding hydrogens is 310 g/mol. The molecule has 0 fully saturated rings. The number of carbonyl (C=O) groups is 2. The van der Waals surface area contributed by atoms with Crippen LogP contribution < -0.4 is 5.32 Å². The molecule has 2 aromatic heterocycles. The molecule has 0 saturated carbocycles. The highest BCUT2D eigenvalue weighted by molar-refractivity contribution is 5.91. The zero-order valence-electron chi connectivity index (χ0n) is 12.7. The van der Waals surface area contributed by atoms with Gasteiger partial charge in [0.05, 0.1) is 18.4 Å². The average molecular weight is 325 g/mol. The quantitative estimate of drug-likeness (QED) is 0.677. The number of nitrogens with one attached hydrogen (secondary N) is 2. The van der Waals surface area contributed by atoms with Crippen LogP contribution in [0.2, 0.25) is 0 Å². The summed E-state index contributed by atoms with van der Waals surface area (Å²) >= 11 is 0. The molecule has 0 aliphatic rings. The molecule has 3 rings (SSSR count). The second kappa shape index (κ2) is 7.28. The normalized spacial score (nSPS) is 10.3. The third-order valence-electron chi connectivity index (χ3n) is 3.27. The van der Waals surface area contributed by atoms with E-state index in [9.17, 15) is 9.59 Å². The Labute approximate surface area is 137 Å². The third kappa shape index (κ3) is 3.89. The maximum Gasteiger partial charge on any atom is 0.338 e. The number of carbonyl (C=O) groups excluding carboxylic acids is 2. The Hall–Kier alpha value is -3.35. The van der Waals surface area contributed by atoms with Gasteiger partial charge < -0.3 is 19.5 Å². The number of imidazole rings is 1. The van der Waals surface area contributed by atoms with Crippen molar-refractivity contribution in [3.8, 4) is 11.4 Å². The van der Waals surface area contributed by atoms with E-state index in [1.165, 1.54) is 6.26 Å². The Morgan fingerprint density at radius 2 is 2.04 bits per heavy atom. The van der Waals surface area contributed by atoms with Gasteiger partial charge in [0, 0.05) is 18.0 Å². The van der Waals surface area contributed by atoms with E-state index in [4.69, 9.17) is 9.15 Å². The maximum absolute atomic E-state index is 11.9. The zero-order valence-corrected chi connectivity index (χ0v) is 12.7. The van der Waals surface area contributed by atoms with Gasteiger partial charge in [-0.3, -0.25) is 4.79 Å². The van der Waals surface area contributed by atoms with E-state index in [1.54, 1.807) is 48.8 Å². The average Bonchev–Trinajstić information content (AvgIpc) is 3.31. The third-order valence-corrected chi connectivity index (χ3v) is 3.27. The van der Waals surface area contributed by atoms with Crippen LogP contribution in [0.1, 0.15) is 16.1 Å². The summed E-state index contributed by atoms with van der Waals surface area (Å²) in [6, 6.07) is 10.2. The van der Waals surface area contributed by atoms with Crippen molar-refractivity contribution in [1.82, 2.24) is 15.3 Å². The molecule has 0 aliphatic carbocycles. The van der Waals surface area contributed by atoms with Gasteiger partial charge in [0.15, 0.2) is 6.61 Å². The zero-order chi connectivity index (χ0) is 16.8. The van der Waals surface area contributed by atoms with Gasteiger partial charge in [0.2, 0.25) is 0 Å². The van der Waals surface area contributed by atoms with Gasteiger partial charge in [0.25, 0.3) is 5.91 Å². The molecule has 0 radical (unpaired) electrons. The molecule has 7 heteroatoms. The molecule has 0 bridgehead atoms. The number of esters is 1. The predicted molar refractivity (Wildman–Crippen MR) is 84.9 cm³/mol. The van der Waals surface area contributed by atoms with E-state index in [1.807, 2.05) is 0 Å². The van der Waals surface area contributed by atoms with Crippen LogP contribution >= 0.6 is 0 Å². The number of ether oxygens (including phenoxy) is 1. The summed E-state index contributed by atoms with van der Waals surface area (Å²) in [5.74, 6) is 0.386. The van der Waals surface area contributed by atoms with E-state index in [0.29, 0.717) is 17.1 Å². The Kier molecular flexibility index (Phi) is 4.71. The summed E-state index contributed by atoms with van der Waals surface area (Å²) in [6.45, 7) is -0.0965. The van der Waals surface area contributed by atoms with E-state index in [2.05, 4.69) is 15.3 Å². The van der Waals surface area contributed by atoms with Crippen LogP contribution in [0.3, 0.4) is 0 Å². The van der Waals surface area contributed by atoms with Gasteiger partial charge in [-0.25, -0.2) is 9.78 Å².